The van der Waals surface area contributed by atoms with Crippen molar-refractivity contribution in [1.82, 2.24) is 9.55 Å². The number of aromatic amines is 1. The number of hydrogen-bond donors (Lipinski definition) is 2. The van der Waals surface area contributed by atoms with Crippen molar-refractivity contribution in [3.05, 3.63) is 44.0 Å². The van der Waals surface area contributed by atoms with Crippen molar-refractivity contribution in [2.45, 2.75) is 19.1 Å². The Kier molecular flexibility index (Phi) is 2.76. The molecule has 2 heterocycles. The molecular formula is C13H9N3O5. The summed E-state index contributed by atoms with van der Waals surface area (Å²) in [6.07, 6.45) is -1.89. The predicted molar refractivity (Wildman–Crippen MR) is 70.0 cm³/mol. The third-order valence-corrected chi connectivity index (χ3v) is 3.41. The predicted octanol–water partition coefficient (Wildman–Crippen LogP) is 0.701. The molecule has 1 unspecified atom stereocenters. The van der Waals surface area contributed by atoms with Gasteiger partial charge in [-0.1, -0.05) is 0 Å². The first-order valence-electron chi connectivity index (χ1n) is 6.12. The maximum Gasteiger partial charge on any atom is 0.507 e. The van der Waals surface area contributed by atoms with Crippen LogP contribution in [0.5, 0.6) is 0 Å². The number of ether oxygens (including phenoxy) is 1. The number of rotatable bonds is 1. The van der Waals surface area contributed by atoms with Crippen LogP contribution >= 0.6 is 0 Å². The number of carbonyl (C=O) groups is 1. The topological polar surface area (TPSA) is 125 Å². The van der Waals surface area contributed by atoms with Gasteiger partial charge in [0.2, 0.25) is 0 Å². The van der Waals surface area contributed by atoms with Crippen LogP contribution in [0.3, 0.4) is 0 Å². The number of aryl methyl sites for hydroxylation is 1. The lowest BCUT2D eigenvalue weighted by atomic mass is 10.00. The third kappa shape index (κ3) is 1.95. The molecule has 0 saturated heterocycles. The van der Waals surface area contributed by atoms with Gasteiger partial charge in [0, 0.05) is 6.42 Å². The van der Waals surface area contributed by atoms with E-state index >= 15 is 0 Å². The van der Waals surface area contributed by atoms with Gasteiger partial charge in [-0.2, -0.15) is 5.26 Å². The standard InChI is InChI=1S/C13H9N3O5/c14-5-6-3-7-1-2-9(21-13(19)20)16-10(7)8(4-6)15-11(17)12(16)18/h3-4,9H,1-2H2,(H,15,17)(H,19,20). The molecule has 1 aromatic heterocycles. The quantitative estimate of drug-likeness (QED) is 0.587. The van der Waals surface area contributed by atoms with Crippen molar-refractivity contribution < 1.29 is 14.6 Å². The van der Waals surface area contributed by atoms with Crippen molar-refractivity contribution >= 4 is 17.2 Å². The second-order valence-electron chi connectivity index (χ2n) is 4.65. The summed E-state index contributed by atoms with van der Waals surface area (Å²) in [6, 6.07) is 5.04. The summed E-state index contributed by atoms with van der Waals surface area (Å²) in [7, 11) is 0. The fourth-order valence-electron chi connectivity index (χ4n) is 2.63. The largest absolute Gasteiger partial charge is 0.507 e. The number of benzene rings is 1. The number of nitrogens with zero attached hydrogens (tertiary/aromatic N) is 2. The zero-order valence-corrected chi connectivity index (χ0v) is 10.6. The van der Waals surface area contributed by atoms with Gasteiger partial charge in [-0.25, -0.2) is 4.79 Å². The highest BCUT2D eigenvalue weighted by Gasteiger charge is 2.27. The first-order valence-corrected chi connectivity index (χ1v) is 6.12. The molecule has 0 bridgehead atoms. The SMILES string of the molecule is N#Cc1cc2c3c(c1)[nH]c(=O)c(=O)n3C(OC(=O)O)CC2. The van der Waals surface area contributed by atoms with Gasteiger partial charge in [-0.3, -0.25) is 14.2 Å². The second kappa shape index (κ2) is 4.49. The van der Waals surface area contributed by atoms with Crippen molar-refractivity contribution in [2.24, 2.45) is 0 Å². The molecule has 1 aliphatic heterocycles. The average molecular weight is 287 g/mol. The van der Waals surface area contributed by atoms with Gasteiger partial charge >= 0.3 is 17.3 Å². The average Bonchev–Trinajstić information content (AvgIpc) is 2.44. The van der Waals surface area contributed by atoms with E-state index in [2.05, 4.69) is 4.98 Å². The molecule has 2 N–H and O–H groups in total. The normalized spacial score (nSPS) is 16.4. The zero-order valence-electron chi connectivity index (χ0n) is 10.6. The summed E-state index contributed by atoms with van der Waals surface area (Å²) in [5.74, 6) is 0. The number of nitrogens with one attached hydrogen (secondary N) is 1. The lowest BCUT2D eigenvalue weighted by Gasteiger charge is -2.26. The smallest absolute Gasteiger partial charge is 0.450 e. The van der Waals surface area contributed by atoms with Gasteiger partial charge < -0.3 is 14.8 Å². The minimum Gasteiger partial charge on any atom is -0.450 e. The van der Waals surface area contributed by atoms with E-state index in [1.54, 1.807) is 6.07 Å². The number of nitriles is 1. The summed E-state index contributed by atoms with van der Waals surface area (Å²) in [5, 5.41) is 17.7. The van der Waals surface area contributed by atoms with E-state index in [-0.39, 0.29) is 6.42 Å². The van der Waals surface area contributed by atoms with Crippen LogP contribution in [0.4, 0.5) is 4.79 Å². The second-order valence-corrected chi connectivity index (χ2v) is 4.65. The van der Waals surface area contributed by atoms with Gasteiger partial charge in [0.05, 0.1) is 22.7 Å². The van der Waals surface area contributed by atoms with Gasteiger partial charge in [0.1, 0.15) is 0 Å². The van der Waals surface area contributed by atoms with Crippen LogP contribution in [0, 0.1) is 11.3 Å². The number of carboxylic acid groups (broad SMARTS) is 1. The molecule has 3 rings (SSSR count). The van der Waals surface area contributed by atoms with Crippen LogP contribution in [0.1, 0.15) is 23.8 Å². The summed E-state index contributed by atoms with van der Waals surface area (Å²) in [4.78, 5) is 36.9. The van der Waals surface area contributed by atoms with E-state index in [4.69, 9.17) is 15.1 Å². The molecule has 1 aromatic carbocycles. The molecule has 1 atom stereocenters. The molecule has 0 spiro atoms. The van der Waals surface area contributed by atoms with Gasteiger partial charge in [-0.15, -0.1) is 0 Å². The van der Waals surface area contributed by atoms with Crippen LogP contribution in [0.25, 0.3) is 11.0 Å². The van der Waals surface area contributed by atoms with E-state index in [0.29, 0.717) is 28.6 Å². The molecule has 21 heavy (non-hydrogen) atoms. The first kappa shape index (κ1) is 12.9. The zero-order chi connectivity index (χ0) is 15.1. The van der Waals surface area contributed by atoms with E-state index in [1.165, 1.54) is 6.07 Å². The van der Waals surface area contributed by atoms with E-state index in [9.17, 15) is 14.4 Å². The van der Waals surface area contributed by atoms with Crippen LogP contribution in [0.15, 0.2) is 21.7 Å². The Morgan fingerprint density at radius 2 is 2.24 bits per heavy atom. The van der Waals surface area contributed by atoms with Crippen molar-refractivity contribution in [2.75, 3.05) is 0 Å². The lowest BCUT2D eigenvalue weighted by molar-refractivity contribution is 0.0119. The van der Waals surface area contributed by atoms with Gasteiger partial charge in [0.15, 0.2) is 6.23 Å². The van der Waals surface area contributed by atoms with E-state index in [1.807, 2.05) is 6.07 Å². The van der Waals surface area contributed by atoms with Gasteiger partial charge in [-0.05, 0) is 24.1 Å². The first-order chi connectivity index (χ1) is 10.0. The highest BCUT2D eigenvalue weighted by atomic mass is 16.7. The number of hydrogen-bond acceptors (Lipinski definition) is 5. The van der Waals surface area contributed by atoms with Crippen LogP contribution in [-0.4, -0.2) is 20.8 Å². The molecule has 8 nitrogen and oxygen atoms in total. The Bertz CT molecular complexity index is 918. The van der Waals surface area contributed by atoms with E-state index in [0.717, 1.165) is 4.57 Å². The van der Waals surface area contributed by atoms with Crippen molar-refractivity contribution in [3.8, 4) is 6.07 Å². The van der Waals surface area contributed by atoms with Crippen LogP contribution in [-0.2, 0) is 11.2 Å². The summed E-state index contributed by atoms with van der Waals surface area (Å²) in [6.45, 7) is 0. The third-order valence-electron chi connectivity index (χ3n) is 3.41. The Balaban J connectivity index is 2.40. The Hall–Kier alpha value is -3.08. The van der Waals surface area contributed by atoms with Crippen molar-refractivity contribution in [1.29, 1.82) is 5.26 Å². The highest BCUT2D eigenvalue weighted by Crippen LogP contribution is 2.29. The maximum absolute atomic E-state index is 12.0. The number of aromatic nitrogens is 2. The highest BCUT2D eigenvalue weighted by molar-refractivity contribution is 5.81. The minimum atomic E-state index is -1.52. The lowest BCUT2D eigenvalue weighted by Crippen LogP contribution is -2.41. The molecule has 8 heteroatoms. The number of H-pyrrole nitrogens is 1. The molecule has 1 aliphatic rings. The molecule has 0 amide bonds. The van der Waals surface area contributed by atoms with Crippen molar-refractivity contribution in [3.63, 3.8) is 0 Å². The Labute approximate surface area is 116 Å². The van der Waals surface area contributed by atoms with Crippen LogP contribution < -0.4 is 11.1 Å². The maximum atomic E-state index is 12.0. The fourth-order valence-corrected chi connectivity index (χ4v) is 2.63. The Morgan fingerprint density at radius 3 is 2.90 bits per heavy atom. The monoisotopic (exact) mass is 287 g/mol. The molecule has 0 aliphatic carbocycles. The molecule has 0 radical (unpaired) electrons. The molecule has 0 saturated carbocycles. The summed E-state index contributed by atoms with van der Waals surface area (Å²) in [5.41, 5.74) is 0.00543. The molecule has 0 fully saturated rings. The summed E-state index contributed by atoms with van der Waals surface area (Å²) >= 11 is 0. The molecular weight excluding hydrogens is 278 g/mol. The van der Waals surface area contributed by atoms with Crippen LogP contribution in [0.2, 0.25) is 0 Å². The summed E-state index contributed by atoms with van der Waals surface area (Å²) < 4.78 is 5.74. The Morgan fingerprint density at radius 1 is 1.48 bits per heavy atom. The minimum absolute atomic E-state index is 0.229. The van der Waals surface area contributed by atoms with Gasteiger partial charge in [0.25, 0.3) is 0 Å². The van der Waals surface area contributed by atoms with E-state index < -0.39 is 23.5 Å². The molecule has 106 valence electrons. The fraction of sp³-hybridized carbons (Fsp3) is 0.231. The molecule has 2 aromatic rings.